The lowest BCUT2D eigenvalue weighted by Crippen LogP contribution is -2.25. The number of aromatic nitrogens is 1. The third kappa shape index (κ3) is 3.08. The summed E-state index contributed by atoms with van der Waals surface area (Å²) in [5.41, 5.74) is 9.53. The highest BCUT2D eigenvalue weighted by molar-refractivity contribution is 5.84. The maximum Gasteiger partial charge on any atom is 0.0506 e. The molecule has 1 fully saturated rings. The van der Waals surface area contributed by atoms with E-state index in [1.54, 1.807) is 0 Å². The molecule has 1 aliphatic rings. The number of nitrogen functional groups attached to an aromatic ring is 1. The predicted octanol–water partition coefficient (Wildman–Crippen LogP) is 4.18. The van der Waals surface area contributed by atoms with Crippen molar-refractivity contribution >= 4 is 16.6 Å². The van der Waals surface area contributed by atoms with Gasteiger partial charge in [0.1, 0.15) is 0 Å². The van der Waals surface area contributed by atoms with Gasteiger partial charge in [-0.05, 0) is 58.0 Å². The molecule has 0 saturated carbocycles. The van der Waals surface area contributed by atoms with Crippen molar-refractivity contribution in [3.05, 3.63) is 30.0 Å². The molecule has 0 amide bonds. The van der Waals surface area contributed by atoms with Crippen LogP contribution in [-0.2, 0) is 6.54 Å². The van der Waals surface area contributed by atoms with Gasteiger partial charge in [0, 0.05) is 29.4 Å². The zero-order chi connectivity index (χ0) is 14.8. The number of likely N-dealkylation sites (tertiary alicyclic amines) is 1. The Morgan fingerprint density at radius 1 is 1.05 bits per heavy atom. The number of nitrogens with zero attached hydrogens (tertiary/aromatic N) is 2. The van der Waals surface area contributed by atoms with Crippen LogP contribution in [-0.4, -0.2) is 22.6 Å². The maximum atomic E-state index is 5.98. The van der Waals surface area contributed by atoms with Crippen LogP contribution in [0.3, 0.4) is 0 Å². The van der Waals surface area contributed by atoms with E-state index in [0.29, 0.717) is 6.04 Å². The van der Waals surface area contributed by atoms with Gasteiger partial charge in [-0.3, -0.25) is 4.90 Å². The van der Waals surface area contributed by atoms with Gasteiger partial charge in [-0.15, -0.1) is 0 Å². The summed E-state index contributed by atoms with van der Waals surface area (Å²) in [4.78, 5) is 2.61. The van der Waals surface area contributed by atoms with Crippen molar-refractivity contribution in [2.24, 2.45) is 0 Å². The average molecular weight is 285 g/mol. The van der Waals surface area contributed by atoms with Crippen LogP contribution >= 0.6 is 0 Å². The van der Waals surface area contributed by atoms with E-state index in [1.807, 2.05) is 6.07 Å². The minimum atomic E-state index is 0.464. The van der Waals surface area contributed by atoms with Gasteiger partial charge >= 0.3 is 0 Å². The molecule has 0 aliphatic carbocycles. The first-order valence-corrected chi connectivity index (χ1v) is 8.27. The van der Waals surface area contributed by atoms with Gasteiger partial charge in [-0.2, -0.15) is 0 Å². The largest absolute Gasteiger partial charge is 0.399 e. The summed E-state index contributed by atoms with van der Waals surface area (Å²) in [5, 5.41) is 1.31. The lowest BCUT2D eigenvalue weighted by atomic mass is 10.2. The number of rotatable bonds is 3. The zero-order valence-electron chi connectivity index (χ0n) is 13.3. The molecular formula is C18H27N3. The SMILES string of the molecule is CC(C)n1c(CN2CCCCCC2)cc2ccc(N)cc21. The topological polar surface area (TPSA) is 34.2 Å². The van der Waals surface area contributed by atoms with E-state index in [4.69, 9.17) is 5.73 Å². The van der Waals surface area contributed by atoms with Crippen molar-refractivity contribution in [2.75, 3.05) is 18.8 Å². The summed E-state index contributed by atoms with van der Waals surface area (Å²) >= 11 is 0. The van der Waals surface area contributed by atoms with Crippen LogP contribution in [0.2, 0.25) is 0 Å². The summed E-state index contributed by atoms with van der Waals surface area (Å²) in [6.45, 7) is 8.05. The number of hydrogen-bond acceptors (Lipinski definition) is 2. The highest BCUT2D eigenvalue weighted by Gasteiger charge is 2.16. The van der Waals surface area contributed by atoms with Crippen molar-refractivity contribution in [3.8, 4) is 0 Å². The fourth-order valence-electron chi connectivity index (χ4n) is 3.55. The van der Waals surface area contributed by atoms with Crippen LogP contribution in [0.15, 0.2) is 24.3 Å². The minimum Gasteiger partial charge on any atom is -0.399 e. The van der Waals surface area contributed by atoms with Gasteiger partial charge in [0.05, 0.1) is 5.52 Å². The maximum absolute atomic E-state index is 5.98. The van der Waals surface area contributed by atoms with Crippen LogP contribution in [0, 0.1) is 0 Å². The first-order chi connectivity index (χ1) is 10.1. The molecule has 3 rings (SSSR count). The monoisotopic (exact) mass is 285 g/mol. The van der Waals surface area contributed by atoms with Crippen LogP contribution in [0.1, 0.15) is 51.3 Å². The molecule has 3 heteroatoms. The molecule has 2 aromatic rings. The van der Waals surface area contributed by atoms with Crippen molar-refractivity contribution in [1.82, 2.24) is 9.47 Å². The number of benzene rings is 1. The number of nitrogens with two attached hydrogens (primary N) is 1. The second kappa shape index (κ2) is 6.10. The molecule has 2 heterocycles. The Hall–Kier alpha value is -1.48. The standard InChI is InChI=1S/C18H27N3/c1-14(2)21-17(13-20-9-5-3-4-6-10-20)11-15-7-8-16(19)12-18(15)21/h7-8,11-12,14H,3-6,9-10,13,19H2,1-2H3. The van der Waals surface area contributed by atoms with Gasteiger partial charge in [0.25, 0.3) is 0 Å². The lowest BCUT2D eigenvalue weighted by molar-refractivity contribution is 0.268. The van der Waals surface area contributed by atoms with E-state index in [2.05, 4.69) is 41.5 Å². The lowest BCUT2D eigenvalue weighted by Gasteiger charge is -2.22. The van der Waals surface area contributed by atoms with Gasteiger partial charge in [-0.25, -0.2) is 0 Å². The molecule has 0 atom stereocenters. The molecule has 21 heavy (non-hydrogen) atoms. The summed E-state index contributed by atoms with van der Waals surface area (Å²) in [6.07, 6.45) is 5.46. The third-order valence-electron chi connectivity index (χ3n) is 4.55. The first kappa shape index (κ1) is 14.5. The Balaban J connectivity index is 1.95. The Morgan fingerprint density at radius 3 is 2.43 bits per heavy atom. The van der Waals surface area contributed by atoms with Crippen LogP contribution < -0.4 is 5.73 Å². The van der Waals surface area contributed by atoms with Crippen molar-refractivity contribution in [1.29, 1.82) is 0 Å². The fraction of sp³-hybridized carbons (Fsp3) is 0.556. The van der Waals surface area contributed by atoms with Gasteiger partial charge in [0.15, 0.2) is 0 Å². The molecule has 0 radical (unpaired) electrons. The molecule has 1 aromatic heterocycles. The van der Waals surface area contributed by atoms with Crippen LogP contribution in [0.4, 0.5) is 5.69 Å². The highest BCUT2D eigenvalue weighted by atomic mass is 15.1. The predicted molar refractivity (Wildman–Crippen MR) is 90.5 cm³/mol. The van der Waals surface area contributed by atoms with Crippen LogP contribution in [0.25, 0.3) is 10.9 Å². The van der Waals surface area contributed by atoms with E-state index in [-0.39, 0.29) is 0 Å². The van der Waals surface area contributed by atoms with E-state index in [9.17, 15) is 0 Å². The molecule has 114 valence electrons. The number of hydrogen-bond donors (Lipinski definition) is 1. The number of fused-ring (bicyclic) bond motifs is 1. The van der Waals surface area contributed by atoms with E-state index in [0.717, 1.165) is 12.2 Å². The summed E-state index contributed by atoms with van der Waals surface area (Å²) in [5.74, 6) is 0. The Labute approximate surface area is 127 Å². The second-order valence-corrected chi connectivity index (χ2v) is 6.61. The molecule has 1 saturated heterocycles. The number of anilines is 1. The van der Waals surface area contributed by atoms with Crippen molar-refractivity contribution in [2.45, 2.75) is 52.1 Å². The van der Waals surface area contributed by atoms with Crippen LogP contribution in [0.5, 0.6) is 0 Å². The average Bonchev–Trinajstić information content (AvgIpc) is 2.60. The van der Waals surface area contributed by atoms with Gasteiger partial charge in [-0.1, -0.05) is 18.9 Å². The molecule has 3 nitrogen and oxygen atoms in total. The quantitative estimate of drug-likeness (QED) is 0.858. The first-order valence-electron chi connectivity index (χ1n) is 8.27. The minimum absolute atomic E-state index is 0.464. The summed E-state index contributed by atoms with van der Waals surface area (Å²) in [7, 11) is 0. The molecule has 1 aliphatic heterocycles. The smallest absolute Gasteiger partial charge is 0.0506 e. The van der Waals surface area contributed by atoms with Gasteiger partial charge < -0.3 is 10.3 Å². The summed E-state index contributed by atoms with van der Waals surface area (Å²) in [6, 6.07) is 9.07. The summed E-state index contributed by atoms with van der Waals surface area (Å²) < 4.78 is 2.45. The van der Waals surface area contributed by atoms with Crippen molar-refractivity contribution < 1.29 is 0 Å². The van der Waals surface area contributed by atoms with Crippen molar-refractivity contribution in [3.63, 3.8) is 0 Å². The van der Waals surface area contributed by atoms with Gasteiger partial charge in [0.2, 0.25) is 0 Å². The normalized spacial score (nSPS) is 17.5. The Morgan fingerprint density at radius 2 is 1.76 bits per heavy atom. The van der Waals surface area contributed by atoms with E-state index in [1.165, 1.54) is 55.4 Å². The molecule has 0 spiro atoms. The molecule has 0 bridgehead atoms. The molecule has 0 unspecified atom stereocenters. The zero-order valence-corrected chi connectivity index (χ0v) is 13.3. The Kier molecular flexibility index (Phi) is 4.20. The fourth-order valence-corrected chi connectivity index (χ4v) is 3.55. The molecule has 1 aromatic carbocycles. The third-order valence-corrected chi connectivity index (χ3v) is 4.55. The Bertz CT molecular complexity index is 604. The molecular weight excluding hydrogens is 258 g/mol. The second-order valence-electron chi connectivity index (χ2n) is 6.61. The highest BCUT2D eigenvalue weighted by Crippen LogP contribution is 2.27. The van der Waals surface area contributed by atoms with E-state index < -0.39 is 0 Å². The van der Waals surface area contributed by atoms with E-state index >= 15 is 0 Å². The molecule has 2 N–H and O–H groups in total.